The predicted octanol–water partition coefficient (Wildman–Crippen LogP) is 5.76. The average molecular weight is 536 g/mol. The molecular formula is C26H18F6N2O4. The van der Waals surface area contributed by atoms with Crippen molar-refractivity contribution in [3.63, 3.8) is 0 Å². The summed E-state index contributed by atoms with van der Waals surface area (Å²) < 4.78 is 78.0. The molecule has 198 valence electrons. The molecule has 2 aliphatic rings. The molecule has 0 amide bonds. The van der Waals surface area contributed by atoms with E-state index in [0.29, 0.717) is 0 Å². The Morgan fingerprint density at radius 1 is 0.711 bits per heavy atom. The molecule has 0 radical (unpaired) electrons. The fourth-order valence-electron chi connectivity index (χ4n) is 3.99. The van der Waals surface area contributed by atoms with Gasteiger partial charge in [-0.3, -0.25) is 0 Å². The van der Waals surface area contributed by atoms with Crippen LogP contribution in [0.2, 0.25) is 0 Å². The molecule has 2 aromatic carbocycles. The van der Waals surface area contributed by atoms with E-state index in [4.69, 9.17) is 0 Å². The Bertz CT molecular complexity index is 1410. The van der Waals surface area contributed by atoms with Gasteiger partial charge in [-0.25, -0.2) is 0 Å². The lowest BCUT2D eigenvalue weighted by molar-refractivity contribution is -0.397. The van der Waals surface area contributed by atoms with E-state index in [-0.39, 0.29) is 54.9 Å². The maximum absolute atomic E-state index is 13.5. The molecule has 2 aromatic rings. The summed E-state index contributed by atoms with van der Waals surface area (Å²) in [6, 6.07) is 7.44. The first-order valence-corrected chi connectivity index (χ1v) is 10.9. The number of nitroso groups, excluding NO2 is 1. The Kier molecular flexibility index (Phi) is 7.15. The lowest BCUT2D eigenvalue weighted by Gasteiger charge is -2.38. The molecule has 0 unspecified atom stereocenters. The van der Waals surface area contributed by atoms with Crippen LogP contribution < -0.4 is 0 Å². The zero-order valence-electron chi connectivity index (χ0n) is 19.2. The molecular weight excluding hydrogens is 518 g/mol. The normalized spacial score (nSPS) is 18.7. The minimum atomic E-state index is -4.60. The third-order valence-electron chi connectivity index (χ3n) is 5.92. The number of nitrogens with zero attached hydrogens (tertiary/aromatic N) is 2. The Morgan fingerprint density at radius 2 is 1.18 bits per heavy atom. The van der Waals surface area contributed by atoms with Crippen molar-refractivity contribution in [3.8, 4) is 0 Å². The van der Waals surface area contributed by atoms with E-state index in [1.165, 1.54) is 24.3 Å². The summed E-state index contributed by atoms with van der Waals surface area (Å²) in [6.07, 6.45) is -4.05. The largest absolute Gasteiger partial charge is 0.754 e. The van der Waals surface area contributed by atoms with E-state index < -0.39 is 36.7 Å². The van der Waals surface area contributed by atoms with E-state index in [0.717, 1.165) is 48.5 Å². The Morgan fingerprint density at radius 3 is 1.66 bits per heavy atom. The predicted molar refractivity (Wildman–Crippen MR) is 125 cm³/mol. The van der Waals surface area contributed by atoms with Crippen LogP contribution in [0.15, 0.2) is 95.4 Å². The van der Waals surface area contributed by atoms with E-state index in [1.54, 1.807) is 0 Å². The molecule has 2 N–H and O–H groups in total. The SMILES string of the molecule is O=[N+]1C(c2ccc(C(F)(F)F)cc2)=CC=C(CO)C1=C1C(CO)=CC=C(c2ccc(C(F)(F)F)cc2)N1[O-]. The van der Waals surface area contributed by atoms with E-state index in [2.05, 4.69) is 0 Å². The smallest absolute Gasteiger partial charge is 0.416 e. The van der Waals surface area contributed by atoms with E-state index in [1.807, 2.05) is 0 Å². The van der Waals surface area contributed by atoms with Gasteiger partial charge in [-0.05, 0) is 54.1 Å². The molecule has 0 fully saturated rings. The minimum Gasteiger partial charge on any atom is -0.754 e. The van der Waals surface area contributed by atoms with Gasteiger partial charge in [0.05, 0.1) is 40.2 Å². The maximum atomic E-state index is 13.5. The van der Waals surface area contributed by atoms with Gasteiger partial charge in [0, 0.05) is 22.3 Å². The molecule has 0 aliphatic carbocycles. The topological polar surface area (TPSA) is 86.8 Å². The molecule has 0 bridgehead atoms. The third kappa shape index (κ3) is 5.05. The number of hydroxylamine groups is 2. The molecule has 2 aliphatic heterocycles. The number of rotatable bonds is 4. The molecule has 4 rings (SSSR count). The van der Waals surface area contributed by atoms with Crippen LogP contribution in [0.4, 0.5) is 26.3 Å². The summed E-state index contributed by atoms with van der Waals surface area (Å²) in [6.45, 7) is -1.42. The summed E-state index contributed by atoms with van der Waals surface area (Å²) in [5, 5.41) is 33.5. The van der Waals surface area contributed by atoms with Crippen molar-refractivity contribution in [1.82, 2.24) is 5.06 Å². The van der Waals surface area contributed by atoms with Crippen LogP contribution >= 0.6 is 0 Å². The first-order valence-electron chi connectivity index (χ1n) is 10.9. The number of benzene rings is 2. The molecule has 6 nitrogen and oxygen atoms in total. The highest BCUT2D eigenvalue weighted by Crippen LogP contribution is 2.39. The zero-order valence-corrected chi connectivity index (χ0v) is 19.2. The van der Waals surface area contributed by atoms with Crippen LogP contribution in [0.3, 0.4) is 0 Å². The van der Waals surface area contributed by atoms with Crippen molar-refractivity contribution in [3.05, 3.63) is 128 Å². The van der Waals surface area contributed by atoms with Crippen LogP contribution in [0.1, 0.15) is 22.3 Å². The van der Waals surface area contributed by atoms with Crippen molar-refractivity contribution in [2.24, 2.45) is 0 Å². The van der Waals surface area contributed by atoms with Crippen molar-refractivity contribution in [2.45, 2.75) is 12.4 Å². The summed E-state index contributed by atoms with van der Waals surface area (Å²) >= 11 is 0. The molecule has 38 heavy (non-hydrogen) atoms. The standard InChI is InChI=1S/C26H18F6N2O4/c27-25(28,29)19-7-1-15(2-8-19)21-11-5-17(13-35)23(33(21)37)24-18(14-36)6-12-22(34(24)38)16-3-9-20(10-4-16)26(30,31)32/h1-12,35-36H,13-14H2. The molecule has 0 spiro atoms. The van der Waals surface area contributed by atoms with Crippen molar-refractivity contribution < 1.29 is 41.3 Å². The summed E-state index contributed by atoms with van der Waals surface area (Å²) in [5.74, 6) is 0. The average Bonchev–Trinajstić information content (AvgIpc) is 2.88. The second-order valence-corrected chi connectivity index (χ2v) is 8.24. The minimum absolute atomic E-state index is 0.0282. The third-order valence-corrected chi connectivity index (χ3v) is 5.92. The van der Waals surface area contributed by atoms with Crippen molar-refractivity contribution in [2.75, 3.05) is 13.2 Å². The fourth-order valence-corrected chi connectivity index (χ4v) is 3.99. The lowest BCUT2D eigenvalue weighted by Crippen LogP contribution is -2.27. The highest BCUT2D eigenvalue weighted by atomic mass is 19.4. The van der Waals surface area contributed by atoms with E-state index in [9.17, 15) is 46.7 Å². The van der Waals surface area contributed by atoms with Crippen LogP contribution in [-0.4, -0.2) is 33.3 Å². The number of aliphatic hydroxyl groups excluding tert-OH is 2. The zero-order chi connectivity index (χ0) is 27.8. The number of halogens is 6. The van der Waals surface area contributed by atoms with Gasteiger partial charge >= 0.3 is 12.4 Å². The number of allylic oxidation sites excluding steroid dienone is 4. The van der Waals surface area contributed by atoms with Gasteiger partial charge in [-0.2, -0.15) is 26.3 Å². The highest BCUT2D eigenvalue weighted by molar-refractivity contribution is 5.73. The van der Waals surface area contributed by atoms with Crippen LogP contribution in [-0.2, 0) is 12.4 Å². The monoisotopic (exact) mass is 536 g/mol. The highest BCUT2D eigenvalue weighted by Gasteiger charge is 2.38. The van der Waals surface area contributed by atoms with Crippen LogP contribution in [0, 0.1) is 10.1 Å². The van der Waals surface area contributed by atoms with Gasteiger partial charge in [0.15, 0.2) is 0 Å². The van der Waals surface area contributed by atoms with Crippen molar-refractivity contribution >= 4 is 11.4 Å². The van der Waals surface area contributed by atoms with Crippen LogP contribution in [0.5, 0.6) is 0 Å². The molecule has 0 atom stereocenters. The first kappa shape index (κ1) is 27.0. The van der Waals surface area contributed by atoms with Crippen molar-refractivity contribution in [1.29, 1.82) is 0 Å². The Balaban J connectivity index is 1.79. The summed E-state index contributed by atoms with van der Waals surface area (Å²) in [7, 11) is 0. The Labute approximate surface area is 211 Å². The summed E-state index contributed by atoms with van der Waals surface area (Å²) in [5.41, 5.74) is -2.80. The maximum Gasteiger partial charge on any atom is 0.416 e. The fraction of sp³-hybridized carbons (Fsp3) is 0.154. The molecule has 2 heterocycles. The van der Waals surface area contributed by atoms with E-state index >= 15 is 0 Å². The molecule has 12 heteroatoms. The molecule has 0 aromatic heterocycles. The number of aliphatic hydroxyl groups is 2. The van der Waals surface area contributed by atoms with Gasteiger partial charge in [-0.15, -0.1) is 0 Å². The second-order valence-electron chi connectivity index (χ2n) is 8.24. The quantitative estimate of drug-likeness (QED) is 0.383. The lowest BCUT2D eigenvalue weighted by atomic mass is 9.96. The summed E-state index contributed by atoms with van der Waals surface area (Å²) in [4.78, 5) is 13.5. The van der Waals surface area contributed by atoms with Gasteiger partial charge in [0.25, 0.3) is 11.4 Å². The molecule has 0 saturated heterocycles. The van der Waals surface area contributed by atoms with Gasteiger partial charge in [0.1, 0.15) is 5.70 Å². The first-order chi connectivity index (χ1) is 17.9. The number of hydrogen-bond donors (Lipinski definition) is 2. The van der Waals surface area contributed by atoms with Crippen LogP contribution in [0.25, 0.3) is 11.4 Å². The molecule has 0 saturated carbocycles. The number of alkyl halides is 6. The Hall–Kier alpha value is -4.00. The number of hydrogen-bond acceptors (Lipinski definition) is 5. The second kappa shape index (κ2) is 10.0. The van der Waals surface area contributed by atoms with Gasteiger partial charge in [-0.1, -0.05) is 18.2 Å². The van der Waals surface area contributed by atoms with Gasteiger partial charge < -0.3 is 20.5 Å². The van der Waals surface area contributed by atoms with Gasteiger partial charge in [0.2, 0.25) is 0 Å².